The Morgan fingerprint density at radius 3 is 2.20 bits per heavy atom. The topological polar surface area (TPSA) is 63.7 Å². The van der Waals surface area contributed by atoms with E-state index < -0.39 is 35.7 Å². The van der Waals surface area contributed by atoms with E-state index in [4.69, 9.17) is 4.74 Å². The second-order valence-corrected chi connectivity index (χ2v) is 15.2. The maximum absolute atomic E-state index is 12.3. The van der Waals surface area contributed by atoms with Crippen LogP contribution >= 0.6 is 0 Å². The number of ether oxygens (including phenoxy) is 1. The van der Waals surface area contributed by atoms with Gasteiger partial charge in [-0.25, -0.2) is 8.42 Å². The molecule has 1 saturated heterocycles. The minimum atomic E-state index is -3.34. The molecular weight excluding hydrogens is 294 g/mol. The van der Waals surface area contributed by atoms with Gasteiger partial charge in [-0.3, -0.25) is 4.79 Å². The van der Waals surface area contributed by atoms with Crippen molar-refractivity contribution in [3.8, 4) is 0 Å². The summed E-state index contributed by atoms with van der Waals surface area (Å²) < 4.78 is 31.1. The molecule has 0 radical (unpaired) electrons. The summed E-state index contributed by atoms with van der Waals surface area (Å²) in [7, 11) is -4.75. The Labute approximate surface area is 123 Å². The standard InChI is InChI=1S/C13H27NO4SSi/c1-13(2,3)18-12(15)11-7-8-14(11)19(16,17)9-10-20(4,5)6/h11H,7-10H2,1-6H3/t11-/m0/s1. The van der Waals surface area contributed by atoms with E-state index >= 15 is 0 Å². The molecule has 1 fully saturated rings. The lowest BCUT2D eigenvalue weighted by Crippen LogP contribution is -2.57. The van der Waals surface area contributed by atoms with Crippen LogP contribution in [0, 0.1) is 0 Å². The molecule has 0 N–H and O–H groups in total. The van der Waals surface area contributed by atoms with E-state index in [1.165, 1.54) is 4.31 Å². The van der Waals surface area contributed by atoms with Crippen molar-refractivity contribution in [1.82, 2.24) is 4.31 Å². The Morgan fingerprint density at radius 2 is 1.85 bits per heavy atom. The molecule has 7 heteroatoms. The van der Waals surface area contributed by atoms with Crippen LogP contribution in [0.4, 0.5) is 0 Å². The fraction of sp³-hybridized carbons (Fsp3) is 0.923. The van der Waals surface area contributed by atoms with Crippen LogP contribution in [0.3, 0.4) is 0 Å². The largest absolute Gasteiger partial charge is 0.459 e. The maximum Gasteiger partial charge on any atom is 0.325 e. The summed E-state index contributed by atoms with van der Waals surface area (Å²) >= 11 is 0. The highest BCUT2D eigenvalue weighted by molar-refractivity contribution is 7.89. The molecule has 118 valence electrons. The molecule has 20 heavy (non-hydrogen) atoms. The molecule has 0 aliphatic carbocycles. The lowest BCUT2D eigenvalue weighted by atomic mass is 10.1. The van der Waals surface area contributed by atoms with Gasteiger partial charge in [0.15, 0.2) is 0 Å². The van der Waals surface area contributed by atoms with Crippen molar-refractivity contribution >= 4 is 24.1 Å². The molecule has 1 aliphatic rings. The summed E-state index contributed by atoms with van der Waals surface area (Å²) in [5, 5.41) is 0. The van der Waals surface area contributed by atoms with Crippen molar-refractivity contribution in [3.63, 3.8) is 0 Å². The smallest absolute Gasteiger partial charge is 0.325 e. The first-order valence-corrected chi connectivity index (χ1v) is 12.4. The molecular formula is C13H27NO4SSi. The van der Waals surface area contributed by atoms with Crippen LogP contribution in [0.15, 0.2) is 0 Å². The third kappa shape index (κ3) is 5.18. The number of carbonyl (C=O) groups excluding carboxylic acids is 1. The number of rotatable bonds is 5. The van der Waals surface area contributed by atoms with Gasteiger partial charge >= 0.3 is 5.97 Å². The summed E-state index contributed by atoms with van der Waals surface area (Å²) in [6.07, 6.45) is 0.557. The van der Waals surface area contributed by atoms with Gasteiger partial charge < -0.3 is 4.74 Å². The second kappa shape index (κ2) is 5.77. The minimum Gasteiger partial charge on any atom is -0.459 e. The molecule has 1 heterocycles. The first-order chi connectivity index (χ1) is 8.82. The maximum atomic E-state index is 12.3. The van der Waals surface area contributed by atoms with E-state index in [0.717, 1.165) is 0 Å². The molecule has 5 nitrogen and oxygen atoms in total. The molecule has 0 saturated carbocycles. The Morgan fingerprint density at radius 1 is 1.30 bits per heavy atom. The zero-order valence-electron chi connectivity index (χ0n) is 13.4. The predicted molar refractivity (Wildman–Crippen MR) is 82.9 cm³/mol. The van der Waals surface area contributed by atoms with E-state index in [1.54, 1.807) is 20.8 Å². The highest BCUT2D eigenvalue weighted by atomic mass is 32.2. The Kier molecular flexibility index (Phi) is 5.09. The first kappa shape index (κ1) is 17.6. The fourth-order valence-electron chi connectivity index (χ4n) is 1.85. The van der Waals surface area contributed by atoms with Crippen LogP contribution < -0.4 is 0 Å². The third-order valence-corrected chi connectivity index (χ3v) is 7.10. The van der Waals surface area contributed by atoms with Crippen molar-refractivity contribution in [2.45, 2.75) is 64.5 Å². The highest BCUT2D eigenvalue weighted by Crippen LogP contribution is 2.26. The summed E-state index contributed by atoms with van der Waals surface area (Å²) in [6, 6.07) is 0.0909. The third-order valence-electron chi connectivity index (χ3n) is 3.12. The Hall–Kier alpha value is -0.403. The molecule has 1 aliphatic heterocycles. The molecule has 0 aromatic heterocycles. The number of hydrogen-bond acceptors (Lipinski definition) is 4. The van der Waals surface area contributed by atoms with Gasteiger partial charge in [0, 0.05) is 14.6 Å². The van der Waals surface area contributed by atoms with E-state index in [9.17, 15) is 13.2 Å². The van der Waals surface area contributed by atoms with Gasteiger partial charge in [-0.2, -0.15) is 4.31 Å². The van der Waals surface area contributed by atoms with Crippen molar-refractivity contribution in [1.29, 1.82) is 0 Å². The van der Waals surface area contributed by atoms with Crippen molar-refractivity contribution in [2.24, 2.45) is 0 Å². The zero-order chi connectivity index (χ0) is 15.8. The Bertz CT molecular complexity index is 462. The molecule has 0 bridgehead atoms. The van der Waals surface area contributed by atoms with Crippen LogP contribution in [0.2, 0.25) is 25.7 Å². The Balaban J connectivity index is 2.66. The number of sulfonamides is 1. The van der Waals surface area contributed by atoms with Gasteiger partial charge in [-0.05, 0) is 33.2 Å². The van der Waals surface area contributed by atoms with Gasteiger partial charge in [-0.15, -0.1) is 0 Å². The molecule has 1 atom stereocenters. The number of hydrogen-bond donors (Lipinski definition) is 0. The van der Waals surface area contributed by atoms with Crippen LogP contribution in [-0.2, 0) is 19.6 Å². The summed E-state index contributed by atoms with van der Waals surface area (Å²) in [4.78, 5) is 12.0. The molecule has 0 amide bonds. The molecule has 1 rings (SSSR count). The first-order valence-electron chi connectivity index (χ1n) is 7.04. The molecule has 0 aromatic rings. The van der Waals surface area contributed by atoms with Crippen LogP contribution in [0.5, 0.6) is 0 Å². The summed E-state index contributed by atoms with van der Waals surface area (Å²) in [6.45, 7) is 12.2. The van der Waals surface area contributed by atoms with Crippen LogP contribution in [0.1, 0.15) is 27.2 Å². The van der Waals surface area contributed by atoms with E-state index in [0.29, 0.717) is 19.0 Å². The number of esters is 1. The average molecular weight is 322 g/mol. The SMILES string of the molecule is CC(C)(C)OC(=O)[C@@H]1CCN1S(=O)(=O)CC[Si](C)(C)C. The lowest BCUT2D eigenvalue weighted by molar-refractivity contribution is -0.163. The minimum absolute atomic E-state index is 0.141. The van der Waals surface area contributed by atoms with E-state index in [2.05, 4.69) is 19.6 Å². The van der Waals surface area contributed by atoms with Crippen LogP contribution in [-0.4, -0.2) is 50.7 Å². The van der Waals surface area contributed by atoms with Crippen LogP contribution in [0.25, 0.3) is 0 Å². The summed E-state index contributed by atoms with van der Waals surface area (Å²) in [5.74, 6) is -0.289. The second-order valence-electron chi connectivity index (χ2n) is 7.58. The zero-order valence-corrected chi connectivity index (χ0v) is 15.2. The van der Waals surface area contributed by atoms with Crippen molar-refractivity contribution in [2.75, 3.05) is 12.3 Å². The normalized spacial score (nSPS) is 21.4. The molecule has 0 spiro atoms. The molecule has 0 aromatic carbocycles. The van der Waals surface area contributed by atoms with Gasteiger partial charge in [0.25, 0.3) is 0 Å². The van der Waals surface area contributed by atoms with E-state index in [-0.39, 0.29) is 5.75 Å². The number of carbonyl (C=O) groups is 1. The van der Waals surface area contributed by atoms with Crippen molar-refractivity contribution in [3.05, 3.63) is 0 Å². The lowest BCUT2D eigenvalue weighted by Gasteiger charge is -2.39. The van der Waals surface area contributed by atoms with Gasteiger partial charge in [0.05, 0.1) is 5.75 Å². The van der Waals surface area contributed by atoms with E-state index in [1.807, 2.05) is 0 Å². The van der Waals surface area contributed by atoms with Gasteiger partial charge in [-0.1, -0.05) is 19.6 Å². The quantitative estimate of drug-likeness (QED) is 0.574. The summed E-state index contributed by atoms with van der Waals surface area (Å²) in [5.41, 5.74) is -0.583. The van der Waals surface area contributed by atoms with Gasteiger partial charge in [0.2, 0.25) is 10.0 Å². The predicted octanol–water partition coefficient (Wildman–Crippen LogP) is 2.07. The van der Waals surface area contributed by atoms with Gasteiger partial charge in [0.1, 0.15) is 11.6 Å². The monoisotopic (exact) mass is 321 g/mol. The highest BCUT2D eigenvalue weighted by Gasteiger charge is 2.44. The number of nitrogens with zero attached hydrogens (tertiary/aromatic N) is 1. The molecule has 0 unspecified atom stereocenters. The average Bonchev–Trinajstić information content (AvgIpc) is 2.07. The van der Waals surface area contributed by atoms with Crippen molar-refractivity contribution < 1.29 is 17.9 Å². The fourth-order valence-corrected chi connectivity index (χ4v) is 6.53.